The van der Waals surface area contributed by atoms with Crippen LogP contribution in [0.4, 0.5) is 0 Å². The molecule has 0 bridgehead atoms. The first-order chi connectivity index (χ1) is 8.66. The van der Waals surface area contributed by atoms with Crippen LogP contribution in [-0.2, 0) is 0 Å². The van der Waals surface area contributed by atoms with E-state index in [2.05, 4.69) is 24.1 Å². The van der Waals surface area contributed by atoms with Crippen molar-refractivity contribution in [3.8, 4) is 0 Å². The normalized spacial score (nSPS) is 27.0. The molecule has 1 saturated carbocycles. The van der Waals surface area contributed by atoms with Gasteiger partial charge < -0.3 is 10.2 Å². The Morgan fingerprint density at radius 3 is 2.56 bits per heavy atom. The maximum absolute atomic E-state index is 3.77. The second kappa shape index (κ2) is 6.91. The highest BCUT2D eigenvalue weighted by atomic mass is 15.1. The van der Waals surface area contributed by atoms with Gasteiger partial charge in [0.2, 0.25) is 0 Å². The van der Waals surface area contributed by atoms with Gasteiger partial charge in [-0.25, -0.2) is 0 Å². The summed E-state index contributed by atoms with van der Waals surface area (Å²) in [6.07, 6.45) is 11.3. The van der Waals surface area contributed by atoms with Gasteiger partial charge in [0.25, 0.3) is 0 Å². The zero-order valence-electron chi connectivity index (χ0n) is 12.5. The summed E-state index contributed by atoms with van der Waals surface area (Å²) in [5.41, 5.74) is 0.575. The van der Waals surface area contributed by atoms with E-state index in [0.29, 0.717) is 5.41 Å². The Hall–Kier alpha value is -0.0800. The van der Waals surface area contributed by atoms with Crippen LogP contribution in [0.1, 0.15) is 65.2 Å². The third-order valence-electron chi connectivity index (χ3n) is 4.90. The second-order valence-corrected chi connectivity index (χ2v) is 7.15. The van der Waals surface area contributed by atoms with Crippen LogP contribution in [0.15, 0.2) is 0 Å². The molecule has 0 unspecified atom stereocenters. The predicted octanol–water partition coefficient (Wildman–Crippen LogP) is 3.42. The summed E-state index contributed by atoms with van der Waals surface area (Å²) in [7, 11) is 0. The first kappa shape index (κ1) is 14.3. The summed E-state index contributed by atoms with van der Waals surface area (Å²) < 4.78 is 0. The van der Waals surface area contributed by atoms with Crippen LogP contribution in [0.2, 0.25) is 0 Å². The van der Waals surface area contributed by atoms with Crippen LogP contribution in [0.3, 0.4) is 0 Å². The summed E-state index contributed by atoms with van der Waals surface area (Å²) in [5, 5.41) is 3.77. The van der Waals surface area contributed by atoms with Gasteiger partial charge in [0.05, 0.1) is 0 Å². The van der Waals surface area contributed by atoms with Gasteiger partial charge in [0.15, 0.2) is 0 Å². The Morgan fingerprint density at radius 2 is 1.78 bits per heavy atom. The Bertz CT molecular complexity index is 231. The van der Waals surface area contributed by atoms with Crippen molar-refractivity contribution in [3.05, 3.63) is 0 Å². The molecule has 1 heterocycles. The van der Waals surface area contributed by atoms with E-state index in [9.17, 15) is 0 Å². The monoisotopic (exact) mass is 252 g/mol. The van der Waals surface area contributed by atoms with Crippen LogP contribution < -0.4 is 5.32 Å². The van der Waals surface area contributed by atoms with Crippen molar-refractivity contribution >= 4 is 0 Å². The molecule has 2 heteroatoms. The van der Waals surface area contributed by atoms with E-state index in [4.69, 9.17) is 0 Å². The third-order valence-corrected chi connectivity index (χ3v) is 4.90. The minimum absolute atomic E-state index is 0.575. The molecule has 2 aliphatic rings. The smallest absolute Gasteiger partial charge is 0.0107 e. The highest BCUT2D eigenvalue weighted by molar-refractivity contribution is 4.77. The maximum Gasteiger partial charge on any atom is 0.0107 e. The summed E-state index contributed by atoms with van der Waals surface area (Å²) in [6.45, 7) is 9.93. The molecule has 18 heavy (non-hydrogen) atoms. The zero-order valence-corrected chi connectivity index (χ0v) is 12.5. The average molecular weight is 252 g/mol. The van der Waals surface area contributed by atoms with Gasteiger partial charge >= 0.3 is 0 Å². The number of likely N-dealkylation sites (tertiary alicyclic amines) is 1. The molecule has 1 saturated heterocycles. The van der Waals surface area contributed by atoms with Crippen molar-refractivity contribution in [2.45, 2.75) is 71.3 Å². The van der Waals surface area contributed by atoms with E-state index in [1.165, 1.54) is 77.5 Å². The predicted molar refractivity (Wildman–Crippen MR) is 78.9 cm³/mol. The molecule has 2 rings (SSSR count). The summed E-state index contributed by atoms with van der Waals surface area (Å²) in [4.78, 5) is 2.67. The van der Waals surface area contributed by atoms with E-state index in [0.717, 1.165) is 6.04 Å². The fourth-order valence-electron chi connectivity index (χ4n) is 3.44. The zero-order chi connectivity index (χ0) is 12.8. The number of nitrogens with one attached hydrogen (secondary N) is 1. The largest absolute Gasteiger partial charge is 0.313 e. The highest BCUT2D eigenvalue weighted by Gasteiger charge is 2.22. The maximum atomic E-state index is 3.77. The molecule has 0 amide bonds. The first-order valence-corrected chi connectivity index (χ1v) is 8.11. The van der Waals surface area contributed by atoms with Crippen LogP contribution in [0.5, 0.6) is 0 Å². The quantitative estimate of drug-likeness (QED) is 0.825. The fraction of sp³-hybridized carbons (Fsp3) is 1.00. The van der Waals surface area contributed by atoms with Crippen LogP contribution in [0, 0.1) is 5.41 Å². The van der Waals surface area contributed by atoms with Crippen molar-refractivity contribution in [1.82, 2.24) is 10.2 Å². The molecule has 1 N–H and O–H groups in total. The van der Waals surface area contributed by atoms with Crippen LogP contribution in [0.25, 0.3) is 0 Å². The van der Waals surface area contributed by atoms with E-state index >= 15 is 0 Å². The van der Waals surface area contributed by atoms with Gasteiger partial charge in [-0.05, 0) is 50.6 Å². The van der Waals surface area contributed by atoms with Gasteiger partial charge in [-0.2, -0.15) is 0 Å². The number of hydrogen-bond acceptors (Lipinski definition) is 2. The number of nitrogens with zero attached hydrogens (tertiary/aromatic N) is 1. The molecular weight excluding hydrogens is 220 g/mol. The first-order valence-electron chi connectivity index (χ1n) is 8.11. The molecule has 0 spiro atoms. The van der Waals surface area contributed by atoms with Crippen LogP contribution >= 0.6 is 0 Å². The van der Waals surface area contributed by atoms with Gasteiger partial charge in [-0.15, -0.1) is 0 Å². The lowest BCUT2D eigenvalue weighted by atomic mass is 9.85. The Kier molecular flexibility index (Phi) is 5.50. The van der Waals surface area contributed by atoms with Gasteiger partial charge in [-0.1, -0.05) is 33.1 Å². The molecule has 0 atom stereocenters. The lowest BCUT2D eigenvalue weighted by molar-refractivity contribution is 0.254. The topological polar surface area (TPSA) is 15.3 Å². The third kappa shape index (κ3) is 4.89. The van der Waals surface area contributed by atoms with Gasteiger partial charge in [0.1, 0.15) is 0 Å². The SMILES string of the molecule is CC1(C)CCCN(CCNC2CCCCC2)CC1. The van der Waals surface area contributed by atoms with Gasteiger partial charge in [-0.3, -0.25) is 0 Å². The highest BCUT2D eigenvalue weighted by Crippen LogP contribution is 2.29. The Labute approximate surface area is 114 Å². The lowest BCUT2D eigenvalue weighted by Crippen LogP contribution is -2.38. The minimum atomic E-state index is 0.575. The number of hydrogen-bond donors (Lipinski definition) is 1. The van der Waals surface area contributed by atoms with E-state index < -0.39 is 0 Å². The van der Waals surface area contributed by atoms with E-state index in [1.807, 2.05) is 0 Å². The minimum Gasteiger partial charge on any atom is -0.313 e. The van der Waals surface area contributed by atoms with Gasteiger partial charge in [0, 0.05) is 19.1 Å². The molecule has 2 nitrogen and oxygen atoms in total. The van der Waals surface area contributed by atoms with Crippen molar-refractivity contribution in [2.24, 2.45) is 5.41 Å². The molecule has 2 fully saturated rings. The molecule has 0 aromatic heterocycles. The Morgan fingerprint density at radius 1 is 1.00 bits per heavy atom. The lowest BCUT2D eigenvalue weighted by Gasteiger charge is -2.26. The molecule has 1 aliphatic carbocycles. The van der Waals surface area contributed by atoms with Crippen molar-refractivity contribution in [2.75, 3.05) is 26.2 Å². The van der Waals surface area contributed by atoms with Crippen LogP contribution in [-0.4, -0.2) is 37.1 Å². The van der Waals surface area contributed by atoms with Crippen molar-refractivity contribution < 1.29 is 0 Å². The molecule has 106 valence electrons. The molecule has 0 aromatic rings. The molecule has 0 radical (unpaired) electrons. The summed E-state index contributed by atoms with van der Waals surface area (Å²) in [5.74, 6) is 0. The fourth-order valence-corrected chi connectivity index (χ4v) is 3.44. The Balaban J connectivity index is 1.61. The standard InChI is InChI=1S/C16H32N2/c1-16(2)9-6-12-18(13-10-16)14-11-17-15-7-4-3-5-8-15/h15,17H,3-14H2,1-2H3. The van der Waals surface area contributed by atoms with E-state index in [1.54, 1.807) is 0 Å². The summed E-state index contributed by atoms with van der Waals surface area (Å²) >= 11 is 0. The molecule has 1 aliphatic heterocycles. The second-order valence-electron chi connectivity index (χ2n) is 7.15. The summed E-state index contributed by atoms with van der Waals surface area (Å²) in [6, 6.07) is 0.821. The molecular formula is C16H32N2. The number of rotatable bonds is 4. The van der Waals surface area contributed by atoms with Crippen molar-refractivity contribution in [1.29, 1.82) is 0 Å². The molecule has 0 aromatic carbocycles. The average Bonchev–Trinajstić information content (AvgIpc) is 2.52. The van der Waals surface area contributed by atoms with E-state index in [-0.39, 0.29) is 0 Å². The van der Waals surface area contributed by atoms with Crippen molar-refractivity contribution in [3.63, 3.8) is 0 Å².